The average molecular weight is 285 g/mol. The van der Waals surface area contributed by atoms with Crippen LogP contribution in [0.15, 0.2) is 4.21 Å². The number of halogens is 1. The van der Waals surface area contributed by atoms with E-state index in [1.165, 1.54) is 0 Å². The van der Waals surface area contributed by atoms with Crippen LogP contribution >= 0.6 is 22.9 Å². The fraction of sp³-hybridized carbons (Fsp3) is 0.625. The first-order chi connectivity index (χ1) is 7.33. The van der Waals surface area contributed by atoms with Gasteiger partial charge in [0.1, 0.15) is 0 Å². The van der Waals surface area contributed by atoms with Crippen LogP contribution in [-0.4, -0.2) is 31.2 Å². The molecule has 16 heavy (non-hydrogen) atoms. The van der Waals surface area contributed by atoms with Gasteiger partial charge in [-0.1, -0.05) is 22.9 Å². The molecule has 1 rings (SSSR count). The number of aliphatic hydroxyl groups is 1. The van der Waals surface area contributed by atoms with Crippen LogP contribution in [0, 0.1) is 6.92 Å². The van der Waals surface area contributed by atoms with Crippen LogP contribution in [0.4, 0.5) is 0 Å². The van der Waals surface area contributed by atoms with Gasteiger partial charge >= 0.3 is 0 Å². The Bertz CT molecular complexity index is 456. The number of aryl methyl sites for hydroxylation is 1. The molecule has 5 nitrogen and oxygen atoms in total. The summed E-state index contributed by atoms with van der Waals surface area (Å²) in [5.41, 5.74) is 0.388. The fourth-order valence-corrected chi connectivity index (χ4v) is 3.90. The van der Waals surface area contributed by atoms with Crippen molar-refractivity contribution in [2.75, 3.05) is 6.54 Å². The number of nitrogens with zero attached hydrogens (tertiary/aromatic N) is 1. The van der Waals surface area contributed by atoms with Crippen LogP contribution in [-0.2, 0) is 10.0 Å². The van der Waals surface area contributed by atoms with Crippen molar-refractivity contribution in [1.82, 2.24) is 9.71 Å². The Balaban J connectivity index is 2.75. The zero-order chi connectivity index (χ0) is 12.3. The van der Waals surface area contributed by atoms with E-state index >= 15 is 0 Å². The third kappa shape index (κ3) is 3.67. The van der Waals surface area contributed by atoms with E-state index in [1.54, 1.807) is 13.8 Å². The maximum Gasteiger partial charge on any atom is 0.251 e. The van der Waals surface area contributed by atoms with Crippen molar-refractivity contribution in [2.45, 2.75) is 30.6 Å². The monoisotopic (exact) mass is 284 g/mol. The Kier molecular flexibility index (Phi) is 4.69. The van der Waals surface area contributed by atoms with E-state index in [2.05, 4.69) is 9.71 Å². The molecule has 0 aliphatic carbocycles. The normalized spacial score (nSPS) is 14.0. The van der Waals surface area contributed by atoms with Crippen LogP contribution in [0.25, 0.3) is 0 Å². The number of hydrogen-bond acceptors (Lipinski definition) is 5. The molecule has 1 heterocycles. The number of hydrogen-bond donors (Lipinski definition) is 2. The maximum atomic E-state index is 11.8. The molecule has 0 bridgehead atoms. The molecule has 0 amide bonds. The van der Waals surface area contributed by atoms with E-state index in [0.29, 0.717) is 12.1 Å². The fourth-order valence-electron chi connectivity index (χ4n) is 1.07. The van der Waals surface area contributed by atoms with E-state index in [-0.39, 0.29) is 15.2 Å². The zero-order valence-electron chi connectivity index (χ0n) is 8.90. The number of aromatic nitrogens is 1. The second-order valence-electron chi connectivity index (χ2n) is 3.38. The summed E-state index contributed by atoms with van der Waals surface area (Å²) in [6.07, 6.45) is -0.168. The highest BCUT2D eigenvalue weighted by Crippen LogP contribution is 2.26. The van der Waals surface area contributed by atoms with Gasteiger partial charge in [0.2, 0.25) is 0 Å². The van der Waals surface area contributed by atoms with Gasteiger partial charge in [0.15, 0.2) is 8.68 Å². The largest absolute Gasteiger partial charge is 0.393 e. The SMILES string of the molecule is Cc1nc(Cl)sc1S(=O)(=O)NCCC(C)O. The molecule has 1 atom stereocenters. The zero-order valence-corrected chi connectivity index (χ0v) is 11.3. The van der Waals surface area contributed by atoms with Gasteiger partial charge in [-0.2, -0.15) is 0 Å². The topological polar surface area (TPSA) is 79.3 Å². The minimum absolute atomic E-state index is 0.128. The molecule has 0 saturated heterocycles. The summed E-state index contributed by atoms with van der Waals surface area (Å²) in [5, 5.41) is 9.01. The van der Waals surface area contributed by atoms with Gasteiger partial charge in [0.05, 0.1) is 11.8 Å². The van der Waals surface area contributed by atoms with Gasteiger partial charge in [0, 0.05) is 6.54 Å². The summed E-state index contributed by atoms with van der Waals surface area (Å²) >= 11 is 6.55. The van der Waals surface area contributed by atoms with Crippen molar-refractivity contribution in [1.29, 1.82) is 0 Å². The smallest absolute Gasteiger partial charge is 0.251 e. The van der Waals surface area contributed by atoms with E-state index < -0.39 is 16.1 Å². The minimum atomic E-state index is -3.56. The molecule has 0 fully saturated rings. The molecule has 0 saturated carbocycles. The molecular weight excluding hydrogens is 272 g/mol. The summed E-state index contributed by atoms with van der Waals surface area (Å²) < 4.78 is 26.2. The Morgan fingerprint density at radius 1 is 1.62 bits per heavy atom. The Labute approximate surface area is 104 Å². The predicted octanol–water partition coefficient (Wildman–Crippen LogP) is 1.15. The lowest BCUT2D eigenvalue weighted by Crippen LogP contribution is -2.26. The second kappa shape index (κ2) is 5.42. The van der Waals surface area contributed by atoms with Crippen LogP contribution in [0.1, 0.15) is 19.0 Å². The molecule has 92 valence electrons. The summed E-state index contributed by atoms with van der Waals surface area (Å²) in [4.78, 5) is 3.84. The third-order valence-electron chi connectivity index (χ3n) is 1.83. The average Bonchev–Trinajstić information content (AvgIpc) is 2.44. The molecule has 1 aromatic rings. The molecule has 0 aliphatic rings. The first-order valence-corrected chi connectivity index (χ1v) is 7.31. The Morgan fingerprint density at radius 2 is 2.25 bits per heavy atom. The van der Waals surface area contributed by atoms with Gasteiger partial charge in [-0.3, -0.25) is 0 Å². The van der Waals surface area contributed by atoms with Crippen molar-refractivity contribution in [2.24, 2.45) is 0 Å². The summed E-state index contributed by atoms with van der Waals surface area (Å²) in [6.45, 7) is 3.38. The van der Waals surface area contributed by atoms with Crippen molar-refractivity contribution in [3.05, 3.63) is 10.2 Å². The van der Waals surface area contributed by atoms with Crippen molar-refractivity contribution >= 4 is 33.0 Å². The van der Waals surface area contributed by atoms with Gasteiger partial charge in [-0.05, 0) is 20.3 Å². The highest BCUT2D eigenvalue weighted by molar-refractivity contribution is 7.91. The van der Waals surface area contributed by atoms with Crippen LogP contribution < -0.4 is 4.72 Å². The second-order valence-corrected chi connectivity index (χ2v) is 6.92. The van der Waals surface area contributed by atoms with E-state index in [0.717, 1.165) is 11.3 Å². The summed E-state index contributed by atoms with van der Waals surface area (Å²) in [6, 6.07) is 0. The predicted molar refractivity (Wildman–Crippen MR) is 63.3 cm³/mol. The highest BCUT2D eigenvalue weighted by atomic mass is 35.5. The molecule has 2 N–H and O–H groups in total. The molecule has 1 aromatic heterocycles. The van der Waals surface area contributed by atoms with Gasteiger partial charge in [0.25, 0.3) is 10.0 Å². The standard InChI is InChI=1S/C8H13ClN2O3S2/c1-5(12)3-4-10-16(13,14)7-6(2)11-8(9)15-7/h5,10,12H,3-4H2,1-2H3. The van der Waals surface area contributed by atoms with Crippen LogP contribution in [0.5, 0.6) is 0 Å². The Hall–Kier alpha value is -0.210. The van der Waals surface area contributed by atoms with E-state index in [9.17, 15) is 8.42 Å². The summed E-state index contributed by atoms with van der Waals surface area (Å²) in [7, 11) is -3.56. The van der Waals surface area contributed by atoms with Crippen LogP contribution in [0.2, 0.25) is 4.47 Å². The molecule has 0 radical (unpaired) electrons. The summed E-state index contributed by atoms with van der Waals surface area (Å²) in [5.74, 6) is 0. The van der Waals surface area contributed by atoms with Crippen molar-refractivity contribution in [3.63, 3.8) is 0 Å². The molecular formula is C8H13ClN2O3S2. The minimum Gasteiger partial charge on any atom is -0.393 e. The quantitative estimate of drug-likeness (QED) is 0.850. The lowest BCUT2D eigenvalue weighted by molar-refractivity contribution is 0.186. The molecule has 1 unspecified atom stereocenters. The highest BCUT2D eigenvalue weighted by Gasteiger charge is 2.20. The number of aliphatic hydroxyl groups excluding tert-OH is 1. The lowest BCUT2D eigenvalue weighted by atomic mass is 10.3. The Morgan fingerprint density at radius 3 is 2.69 bits per heavy atom. The number of thiazole rings is 1. The van der Waals surface area contributed by atoms with Crippen LogP contribution in [0.3, 0.4) is 0 Å². The molecule has 8 heteroatoms. The van der Waals surface area contributed by atoms with Gasteiger partial charge < -0.3 is 5.11 Å². The third-order valence-corrected chi connectivity index (χ3v) is 5.16. The number of rotatable bonds is 5. The van der Waals surface area contributed by atoms with Gasteiger partial charge in [-0.25, -0.2) is 18.1 Å². The van der Waals surface area contributed by atoms with Crippen molar-refractivity contribution in [3.8, 4) is 0 Å². The number of sulfonamides is 1. The first kappa shape index (κ1) is 13.9. The van der Waals surface area contributed by atoms with Gasteiger partial charge in [-0.15, -0.1) is 0 Å². The lowest BCUT2D eigenvalue weighted by Gasteiger charge is -2.06. The van der Waals surface area contributed by atoms with E-state index in [4.69, 9.17) is 16.7 Å². The van der Waals surface area contributed by atoms with E-state index in [1.807, 2.05) is 0 Å². The molecule has 0 spiro atoms. The van der Waals surface area contributed by atoms with Crippen molar-refractivity contribution < 1.29 is 13.5 Å². The molecule has 0 aromatic carbocycles. The molecule has 0 aliphatic heterocycles. The first-order valence-electron chi connectivity index (χ1n) is 4.63. The maximum absolute atomic E-state index is 11.8. The number of nitrogens with one attached hydrogen (secondary N) is 1.